The van der Waals surface area contributed by atoms with Crippen molar-refractivity contribution < 1.29 is 4.39 Å². The highest BCUT2D eigenvalue weighted by atomic mass is 79.9. The van der Waals surface area contributed by atoms with Gasteiger partial charge in [-0.25, -0.2) is 4.39 Å². The first-order valence-corrected chi connectivity index (χ1v) is 7.57. The Kier molecular flexibility index (Phi) is 4.65. The first-order valence-electron chi connectivity index (χ1n) is 6.00. The fourth-order valence-electron chi connectivity index (χ4n) is 1.89. The highest BCUT2D eigenvalue weighted by molar-refractivity contribution is 9.10. The average Bonchev–Trinajstić information content (AvgIpc) is 2.83. The highest BCUT2D eigenvalue weighted by Crippen LogP contribution is 2.29. The van der Waals surface area contributed by atoms with Crippen molar-refractivity contribution in [2.24, 2.45) is 5.73 Å². The van der Waals surface area contributed by atoms with Crippen LogP contribution in [-0.2, 0) is 6.42 Å². The summed E-state index contributed by atoms with van der Waals surface area (Å²) in [7, 11) is 0. The van der Waals surface area contributed by atoms with Crippen LogP contribution in [0.3, 0.4) is 0 Å². The topological polar surface area (TPSA) is 51.8 Å². The maximum Gasteiger partial charge on any atom is 0.123 e. The van der Waals surface area contributed by atoms with E-state index in [4.69, 9.17) is 5.73 Å². The number of nitrogens with two attached hydrogens (primary N) is 1. The van der Waals surface area contributed by atoms with Gasteiger partial charge in [0.15, 0.2) is 0 Å². The van der Waals surface area contributed by atoms with Crippen LogP contribution >= 0.6 is 27.5 Å². The summed E-state index contributed by atoms with van der Waals surface area (Å²) < 4.78 is 18.1. The van der Waals surface area contributed by atoms with Crippen LogP contribution in [0.1, 0.15) is 41.9 Å². The Hall–Kier alpha value is -0.850. The smallest absolute Gasteiger partial charge is 0.123 e. The monoisotopic (exact) mass is 343 g/mol. The molecule has 0 aliphatic carbocycles. The lowest BCUT2D eigenvalue weighted by Crippen LogP contribution is -2.14. The maximum absolute atomic E-state index is 13.3. The van der Waals surface area contributed by atoms with Gasteiger partial charge < -0.3 is 5.73 Å². The summed E-state index contributed by atoms with van der Waals surface area (Å²) in [6.07, 6.45) is 0.557. The molecule has 1 aromatic heterocycles. The summed E-state index contributed by atoms with van der Waals surface area (Å²) in [5.74, 6) is 0.0349. The molecule has 2 N–H and O–H groups in total. The predicted molar refractivity (Wildman–Crippen MR) is 78.7 cm³/mol. The number of nitrogens with zero attached hydrogens (tertiary/aromatic N) is 2. The lowest BCUT2D eigenvalue weighted by atomic mass is 10.0. The fraction of sp³-hybridized carbons (Fsp3) is 0.385. The summed E-state index contributed by atoms with van der Waals surface area (Å²) in [5.41, 5.74) is 8.01. The molecule has 1 atom stereocenters. The number of hydrogen-bond donors (Lipinski definition) is 1. The van der Waals surface area contributed by atoms with Gasteiger partial charge >= 0.3 is 0 Å². The van der Waals surface area contributed by atoms with Gasteiger partial charge in [-0.15, -0.1) is 5.10 Å². The molecule has 1 aromatic carbocycles. The van der Waals surface area contributed by atoms with Crippen molar-refractivity contribution in [2.75, 3.05) is 0 Å². The first-order chi connectivity index (χ1) is 8.99. The van der Waals surface area contributed by atoms with E-state index < -0.39 is 0 Å². The van der Waals surface area contributed by atoms with Crippen LogP contribution in [0, 0.1) is 5.82 Å². The number of halogens is 2. The Bertz CT molecular complexity index is 571. The van der Waals surface area contributed by atoms with Gasteiger partial charge in [0, 0.05) is 10.5 Å². The van der Waals surface area contributed by atoms with E-state index in [1.807, 2.05) is 0 Å². The summed E-state index contributed by atoms with van der Waals surface area (Å²) in [6.45, 7) is 4.12. The Labute approximate surface area is 124 Å². The van der Waals surface area contributed by atoms with Gasteiger partial charge in [0.1, 0.15) is 5.82 Å². The van der Waals surface area contributed by atoms with E-state index in [1.165, 1.54) is 23.7 Å². The van der Waals surface area contributed by atoms with E-state index in [-0.39, 0.29) is 17.8 Å². The molecule has 0 amide bonds. The second-order valence-electron chi connectivity index (χ2n) is 4.72. The Morgan fingerprint density at radius 2 is 2.16 bits per heavy atom. The first kappa shape index (κ1) is 14.6. The molecule has 102 valence electrons. The summed E-state index contributed by atoms with van der Waals surface area (Å²) in [5, 5.41) is 4.12. The minimum atomic E-state index is -0.253. The van der Waals surface area contributed by atoms with Gasteiger partial charge in [0.2, 0.25) is 0 Å². The van der Waals surface area contributed by atoms with Crippen LogP contribution in [0.4, 0.5) is 4.39 Å². The van der Waals surface area contributed by atoms with E-state index in [2.05, 4.69) is 39.4 Å². The van der Waals surface area contributed by atoms with Gasteiger partial charge in [-0.1, -0.05) is 34.3 Å². The molecule has 0 saturated heterocycles. The molecule has 0 aliphatic rings. The van der Waals surface area contributed by atoms with Crippen LogP contribution < -0.4 is 5.73 Å². The van der Waals surface area contributed by atoms with Crippen LogP contribution in [0.25, 0.3) is 0 Å². The van der Waals surface area contributed by atoms with Crippen molar-refractivity contribution >= 4 is 27.5 Å². The lowest BCUT2D eigenvalue weighted by Gasteiger charge is -2.13. The molecular formula is C13H15BrFN3S. The third kappa shape index (κ3) is 3.38. The number of rotatable bonds is 4. The molecule has 1 unspecified atom stereocenters. The zero-order valence-electron chi connectivity index (χ0n) is 10.7. The van der Waals surface area contributed by atoms with Crippen molar-refractivity contribution in [1.82, 2.24) is 9.59 Å². The van der Waals surface area contributed by atoms with Crippen LogP contribution in [0.5, 0.6) is 0 Å². The number of aromatic nitrogens is 2. The largest absolute Gasteiger partial charge is 0.323 e. The van der Waals surface area contributed by atoms with Crippen LogP contribution in [0.2, 0.25) is 0 Å². The average molecular weight is 344 g/mol. The lowest BCUT2D eigenvalue weighted by molar-refractivity contribution is 0.621. The molecule has 19 heavy (non-hydrogen) atoms. The second-order valence-corrected chi connectivity index (χ2v) is 6.36. The number of hydrogen-bond acceptors (Lipinski definition) is 4. The molecule has 0 fully saturated rings. The highest BCUT2D eigenvalue weighted by Gasteiger charge is 2.19. The molecule has 0 aliphatic heterocycles. The third-order valence-corrected chi connectivity index (χ3v) is 4.52. The molecule has 2 aromatic rings. The Morgan fingerprint density at radius 3 is 2.84 bits per heavy atom. The second kappa shape index (κ2) is 6.07. The molecule has 0 spiro atoms. The molecule has 0 saturated carbocycles. The van der Waals surface area contributed by atoms with Gasteiger partial charge in [0.05, 0.1) is 10.6 Å². The van der Waals surface area contributed by atoms with Crippen molar-refractivity contribution in [3.63, 3.8) is 0 Å². The van der Waals surface area contributed by atoms with E-state index in [9.17, 15) is 4.39 Å². The van der Waals surface area contributed by atoms with Gasteiger partial charge in [-0.05, 0) is 47.6 Å². The molecule has 6 heteroatoms. The van der Waals surface area contributed by atoms with E-state index in [0.717, 1.165) is 20.6 Å². The fourth-order valence-corrected chi connectivity index (χ4v) is 3.11. The van der Waals surface area contributed by atoms with Gasteiger partial charge in [0.25, 0.3) is 0 Å². The van der Waals surface area contributed by atoms with E-state index in [0.29, 0.717) is 6.42 Å². The van der Waals surface area contributed by atoms with Crippen molar-refractivity contribution in [3.8, 4) is 0 Å². The standard InChI is InChI=1S/C13H15BrFN3S/c1-7(2)12-13(19-18-17-12)11(16)6-8-5-9(15)3-4-10(8)14/h3-5,7,11H,6,16H2,1-2H3. The minimum Gasteiger partial charge on any atom is -0.323 e. The van der Waals surface area contributed by atoms with Gasteiger partial charge in [-0.2, -0.15) is 0 Å². The number of benzene rings is 1. The van der Waals surface area contributed by atoms with Crippen molar-refractivity contribution in [2.45, 2.75) is 32.2 Å². The molecule has 3 nitrogen and oxygen atoms in total. The van der Waals surface area contributed by atoms with Crippen molar-refractivity contribution in [3.05, 3.63) is 44.6 Å². The summed E-state index contributed by atoms with van der Waals surface area (Å²) >= 11 is 4.74. The normalized spacial score (nSPS) is 12.9. The van der Waals surface area contributed by atoms with E-state index in [1.54, 1.807) is 6.07 Å². The zero-order chi connectivity index (χ0) is 14.0. The third-order valence-electron chi connectivity index (χ3n) is 2.87. The molecule has 2 rings (SSSR count). The van der Waals surface area contributed by atoms with Crippen LogP contribution in [0.15, 0.2) is 22.7 Å². The predicted octanol–water partition coefficient (Wildman–Crippen LogP) is 3.81. The molecule has 0 bridgehead atoms. The van der Waals surface area contributed by atoms with Crippen LogP contribution in [-0.4, -0.2) is 9.59 Å². The molecule has 0 radical (unpaired) electrons. The minimum absolute atomic E-state index is 0.213. The SMILES string of the molecule is CC(C)c1nnsc1C(N)Cc1cc(F)ccc1Br. The Balaban J connectivity index is 2.23. The maximum atomic E-state index is 13.3. The van der Waals surface area contributed by atoms with Crippen molar-refractivity contribution in [1.29, 1.82) is 0 Å². The molecule has 1 heterocycles. The van der Waals surface area contributed by atoms with E-state index >= 15 is 0 Å². The zero-order valence-corrected chi connectivity index (χ0v) is 13.1. The quantitative estimate of drug-likeness (QED) is 0.918. The Morgan fingerprint density at radius 1 is 1.42 bits per heavy atom. The molecular weight excluding hydrogens is 329 g/mol. The summed E-state index contributed by atoms with van der Waals surface area (Å²) in [4.78, 5) is 0.978. The summed E-state index contributed by atoms with van der Waals surface area (Å²) in [6, 6.07) is 4.42. The van der Waals surface area contributed by atoms with Gasteiger partial charge in [-0.3, -0.25) is 0 Å².